The van der Waals surface area contributed by atoms with Crippen LogP contribution in [-0.2, 0) is 12.6 Å². The van der Waals surface area contributed by atoms with E-state index in [4.69, 9.17) is 0 Å². The van der Waals surface area contributed by atoms with Crippen LogP contribution in [0.15, 0.2) is 42.5 Å². The molecule has 0 fully saturated rings. The number of hydrogen-bond acceptors (Lipinski definition) is 2. The summed E-state index contributed by atoms with van der Waals surface area (Å²) in [5.41, 5.74) is 2.08. The van der Waals surface area contributed by atoms with Gasteiger partial charge in [-0.3, -0.25) is 4.79 Å². The third-order valence-corrected chi connectivity index (χ3v) is 3.55. The van der Waals surface area contributed by atoms with E-state index in [-0.39, 0.29) is 11.3 Å². The van der Waals surface area contributed by atoms with Crippen LogP contribution in [-0.4, -0.2) is 12.3 Å². The highest BCUT2D eigenvalue weighted by Gasteiger charge is 2.30. The molecule has 1 aliphatic rings. The lowest BCUT2D eigenvalue weighted by Crippen LogP contribution is -2.06. The Labute approximate surface area is 119 Å². The van der Waals surface area contributed by atoms with Gasteiger partial charge in [0.15, 0.2) is 5.78 Å². The summed E-state index contributed by atoms with van der Waals surface area (Å²) >= 11 is 0. The summed E-state index contributed by atoms with van der Waals surface area (Å²) < 4.78 is 37.5. The number of rotatable bonds is 2. The molecule has 3 rings (SSSR count). The molecule has 2 nitrogen and oxygen atoms in total. The molecular weight excluding hydrogens is 279 g/mol. The number of halogens is 3. The molecule has 0 saturated carbocycles. The third-order valence-electron chi connectivity index (χ3n) is 3.55. The molecule has 21 heavy (non-hydrogen) atoms. The molecule has 1 heterocycles. The van der Waals surface area contributed by atoms with E-state index in [2.05, 4.69) is 5.32 Å². The average molecular weight is 291 g/mol. The van der Waals surface area contributed by atoms with Gasteiger partial charge in [-0.1, -0.05) is 12.1 Å². The minimum absolute atomic E-state index is 0.258. The molecule has 1 aliphatic heterocycles. The van der Waals surface area contributed by atoms with Crippen LogP contribution in [0, 0.1) is 0 Å². The first-order valence-electron chi connectivity index (χ1n) is 6.54. The van der Waals surface area contributed by atoms with E-state index in [1.54, 1.807) is 12.1 Å². The Hall–Kier alpha value is -2.30. The molecule has 108 valence electrons. The molecule has 0 bridgehead atoms. The van der Waals surface area contributed by atoms with Gasteiger partial charge in [-0.25, -0.2) is 0 Å². The van der Waals surface area contributed by atoms with Gasteiger partial charge >= 0.3 is 6.18 Å². The Kier molecular flexibility index (Phi) is 3.20. The average Bonchev–Trinajstić information content (AvgIpc) is 2.93. The van der Waals surface area contributed by atoms with Crippen LogP contribution < -0.4 is 5.32 Å². The highest BCUT2D eigenvalue weighted by Crippen LogP contribution is 2.30. The molecule has 0 unspecified atom stereocenters. The Bertz CT molecular complexity index is 690. The molecule has 0 atom stereocenters. The number of fused-ring (bicyclic) bond motifs is 1. The smallest absolute Gasteiger partial charge is 0.384 e. The molecule has 0 radical (unpaired) electrons. The summed E-state index contributed by atoms with van der Waals surface area (Å²) in [5.74, 6) is -0.265. The highest BCUT2D eigenvalue weighted by atomic mass is 19.4. The zero-order chi connectivity index (χ0) is 15.0. The van der Waals surface area contributed by atoms with Gasteiger partial charge in [0.2, 0.25) is 0 Å². The molecule has 1 N–H and O–H groups in total. The van der Waals surface area contributed by atoms with Crippen molar-refractivity contribution in [2.75, 3.05) is 11.9 Å². The van der Waals surface area contributed by atoms with Crippen molar-refractivity contribution < 1.29 is 18.0 Å². The van der Waals surface area contributed by atoms with Crippen LogP contribution in [0.1, 0.15) is 27.0 Å². The zero-order valence-corrected chi connectivity index (χ0v) is 11.0. The van der Waals surface area contributed by atoms with Crippen molar-refractivity contribution in [3.63, 3.8) is 0 Å². The summed E-state index contributed by atoms with van der Waals surface area (Å²) in [6.45, 7) is 0.841. The fourth-order valence-electron chi connectivity index (χ4n) is 2.42. The van der Waals surface area contributed by atoms with Crippen molar-refractivity contribution in [1.29, 1.82) is 0 Å². The molecule has 5 heteroatoms. The lowest BCUT2D eigenvalue weighted by molar-refractivity contribution is -0.137. The van der Waals surface area contributed by atoms with Gasteiger partial charge in [0, 0.05) is 23.4 Å². The van der Waals surface area contributed by atoms with Crippen molar-refractivity contribution in [2.24, 2.45) is 0 Å². The van der Waals surface area contributed by atoms with Gasteiger partial charge in [-0.15, -0.1) is 0 Å². The summed E-state index contributed by atoms with van der Waals surface area (Å²) in [6, 6.07) is 9.63. The molecule has 2 aromatic rings. The normalized spacial score (nSPS) is 13.7. The predicted octanol–water partition coefficient (Wildman–Crippen LogP) is 3.90. The quantitative estimate of drug-likeness (QED) is 0.850. The number of carbonyl (C=O) groups is 1. The number of anilines is 1. The first-order chi connectivity index (χ1) is 9.95. The van der Waals surface area contributed by atoms with Gasteiger partial charge in [0.1, 0.15) is 0 Å². The first kappa shape index (κ1) is 13.7. The maximum atomic E-state index is 12.5. The van der Waals surface area contributed by atoms with Gasteiger partial charge < -0.3 is 5.32 Å². The van der Waals surface area contributed by atoms with Crippen molar-refractivity contribution in [1.82, 2.24) is 0 Å². The van der Waals surface area contributed by atoms with E-state index in [1.165, 1.54) is 12.1 Å². The molecule has 0 spiro atoms. The van der Waals surface area contributed by atoms with Crippen LogP contribution in [0.2, 0.25) is 0 Å². The number of benzene rings is 2. The summed E-state index contributed by atoms with van der Waals surface area (Å²) in [7, 11) is 0. The van der Waals surface area contributed by atoms with Gasteiger partial charge in [0.05, 0.1) is 5.56 Å². The predicted molar refractivity (Wildman–Crippen MR) is 73.5 cm³/mol. The van der Waals surface area contributed by atoms with E-state index in [1.807, 2.05) is 6.07 Å². The van der Waals surface area contributed by atoms with Crippen LogP contribution in [0.3, 0.4) is 0 Å². The van der Waals surface area contributed by atoms with E-state index in [0.29, 0.717) is 5.56 Å². The van der Waals surface area contributed by atoms with E-state index < -0.39 is 11.7 Å². The van der Waals surface area contributed by atoms with Crippen molar-refractivity contribution in [3.05, 3.63) is 64.7 Å². The summed E-state index contributed by atoms with van der Waals surface area (Å²) in [4.78, 5) is 12.3. The Morgan fingerprint density at radius 1 is 1.00 bits per heavy atom. The standard InChI is InChI=1S/C16H12F3NO/c17-16(18,19)13-4-1-10(2-5-13)15(21)12-3-6-14-11(9-12)7-8-20-14/h1-6,9,20H,7-8H2. The minimum atomic E-state index is -4.39. The molecule has 0 aliphatic carbocycles. The second kappa shape index (κ2) is 4.91. The monoisotopic (exact) mass is 291 g/mol. The molecule has 0 aromatic heterocycles. The van der Waals surface area contributed by atoms with Crippen LogP contribution in [0.5, 0.6) is 0 Å². The van der Waals surface area contributed by atoms with Crippen molar-refractivity contribution in [3.8, 4) is 0 Å². The summed E-state index contributed by atoms with van der Waals surface area (Å²) in [6.07, 6.45) is -3.54. The number of carbonyl (C=O) groups excluding carboxylic acids is 1. The highest BCUT2D eigenvalue weighted by molar-refractivity contribution is 6.09. The number of alkyl halides is 3. The Morgan fingerprint density at radius 3 is 2.33 bits per heavy atom. The second-order valence-corrected chi connectivity index (χ2v) is 4.95. The van der Waals surface area contributed by atoms with E-state index in [0.717, 1.165) is 36.3 Å². The Morgan fingerprint density at radius 2 is 1.67 bits per heavy atom. The SMILES string of the molecule is O=C(c1ccc(C(F)(F)F)cc1)c1ccc2c(c1)CCN2. The van der Waals surface area contributed by atoms with Crippen molar-refractivity contribution >= 4 is 11.5 Å². The first-order valence-corrected chi connectivity index (χ1v) is 6.54. The number of nitrogens with one attached hydrogen (secondary N) is 1. The fourth-order valence-corrected chi connectivity index (χ4v) is 2.42. The summed E-state index contributed by atoms with van der Waals surface area (Å²) in [5, 5.41) is 3.19. The van der Waals surface area contributed by atoms with Gasteiger partial charge in [-0.05, 0) is 42.3 Å². The fraction of sp³-hybridized carbons (Fsp3) is 0.188. The third kappa shape index (κ3) is 2.63. The molecule has 0 saturated heterocycles. The van der Waals surface area contributed by atoms with E-state index in [9.17, 15) is 18.0 Å². The van der Waals surface area contributed by atoms with Gasteiger partial charge in [-0.2, -0.15) is 13.2 Å². The molecule has 2 aromatic carbocycles. The van der Waals surface area contributed by atoms with E-state index >= 15 is 0 Å². The number of ketones is 1. The zero-order valence-electron chi connectivity index (χ0n) is 11.0. The van der Waals surface area contributed by atoms with Crippen LogP contribution in [0.4, 0.5) is 18.9 Å². The Balaban J connectivity index is 1.88. The maximum absolute atomic E-state index is 12.5. The van der Waals surface area contributed by atoms with Gasteiger partial charge in [0.25, 0.3) is 0 Å². The largest absolute Gasteiger partial charge is 0.416 e. The maximum Gasteiger partial charge on any atom is 0.416 e. The number of hydrogen-bond donors (Lipinski definition) is 1. The molecular formula is C16H12F3NO. The van der Waals surface area contributed by atoms with Crippen LogP contribution >= 0.6 is 0 Å². The topological polar surface area (TPSA) is 29.1 Å². The molecule has 0 amide bonds. The lowest BCUT2D eigenvalue weighted by Gasteiger charge is -2.08. The lowest BCUT2D eigenvalue weighted by atomic mass is 9.99. The van der Waals surface area contributed by atoms with Crippen molar-refractivity contribution in [2.45, 2.75) is 12.6 Å². The second-order valence-electron chi connectivity index (χ2n) is 4.95. The van der Waals surface area contributed by atoms with Crippen LogP contribution in [0.25, 0.3) is 0 Å². The minimum Gasteiger partial charge on any atom is -0.384 e.